The molecule has 4 rings (SSSR count). The van der Waals surface area contributed by atoms with Crippen molar-refractivity contribution in [1.29, 1.82) is 0 Å². The van der Waals surface area contributed by atoms with E-state index in [-0.39, 0.29) is 64.7 Å². The Morgan fingerprint density at radius 3 is 2.49 bits per heavy atom. The smallest absolute Gasteiger partial charge is 0.790 e. The Labute approximate surface area is 259 Å². The predicted octanol–water partition coefficient (Wildman–Crippen LogP) is -2.44. The molecule has 9 nitrogen and oxygen atoms in total. The number of hydrogen-bond donors (Lipinski definition) is 0. The van der Waals surface area contributed by atoms with Crippen molar-refractivity contribution in [2.24, 2.45) is 4.99 Å². The zero-order valence-electron chi connectivity index (χ0n) is 20.2. The van der Waals surface area contributed by atoms with Crippen molar-refractivity contribution in [3.8, 4) is 11.3 Å². The van der Waals surface area contributed by atoms with Gasteiger partial charge in [0.15, 0.2) is 0 Å². The number of phosphoric acid groups is 1. The molecule has 0 saturated carbocycles. The first-order valence-corrected chi connectivity index (χ1v) is 12.5. The number of phosphoric ester groups is 1. The van der Waals surface area contributed by atoms with E-state index >= 15 is 4.39 Å². The summed E-state index contributed by atoms with van der Waals surface area (Å²) in [6, 6.07) is 9.66. The molecular formula is C22H18F2N5Na2O4PS. The summed E-state index contributed by atoms with van der Waals surface area (Å²) in [5.41, 5.74) is -0.496. The summed E-state index contributed by atoms with van der Waals surface area (Å²) in [5.74, 6) is -2.96. The van der Waals surface area contributed by atoms with Gasteiger partial charge in [-0.3, -0.25) is 4.99 Å². The molecule has 0 saturated heterocycles. The van der Waals surface area contributed by atoms with Crippen molar-refractivity contribution in [2.45, 2.75) is 25.0 Å². The van der Waals surface area contributed by atoms with Gasteiger partial charge in [0.25, 0.3) is 0 Å². The second kappa shape index (κ2) is 13.3. The van der Waals surface area contributed by atoms with Crippen LogP contribution in [0.15, 0.2) is 65.5 Å². The van der Waals surface area contributed by atoms with Gasteiger partial charge >= 0.3 is 59.1 Å². The molecule has 2 aromatic heterocycles. The minimum atomic E-state index is -5.70. The van der Waals surface area contributed by atoms with Crippen LogP contribution in [-0.2, 0) is 21.2 Å². The van der Waals surface area contributed by atoms with Gasteiger partial charge in [0.05, 0.1) is 30.8 Å². The van der Waals surface area contributed by atoms with Gasteiger partial charge in [-0.05, 0) is 24.9 Å². The van der Waals surface area contributed by atoms with E-state index in [2.05, 4.69) is 26.8 Å². The van der Waals surface area contributed by atoms with Gasteiger partial charge in [-0.1, -0.05) is 25.1 Å². The number of aliphatic imine (C=N–C) groups is 1. The van der Waals surface area contributed by atoms with Gasteiger partial charge in [-0.15, -0.1) is 11.3 Å². The fourth-order valence-corrected chi connectivity index (χ4v) is 5.44. The van der Waals surface area contributed by atoms with Crippen LogP contribution in [0.2, 0.25) is 0 Å². The fourth-order valence-electron chi connectivity index (χ4n) is 3.76. The average molecular weight is 563 g/mol. The number of benzene rings is 2. The Morgan fingerprint density at radius 1 is 1.22 bits per heavy atom. The Morgan fingerprint density at radius 2 is 1.92 bits per heavy atom. The maximum Gasteiger partial charge on any atom is 1.00 e. The third-order valence-electron chi connectivity index (χ3n) is 5.46. The molecule has 1 unspecified atom stereocenters. The van der Waals surface area contributed by atoms with Crippen LogP contribution < -0.4 is 68.9 Å². The maximum atomic E-state index is 15.1. The number of thiazole rings is 1. The first-order chi connectivity index (χ1) is 16.6. The number of nitrogens with zero attached hydrogens (tertiary/aromatic N) is 5. The van der Waals surface area contributed by atoms with Gasteiger partial charge in [0, 0.05) is 28.5 Å². The molecule has 0 aliphatic rings. The van der Waals surface area contributed by atoms with Crippen LogP contribution in [-0.4, -0.2) is 26.5 Å². The number of halogens is 2. The molecule has 0 bridgehead atoms. The number of rotatable bonds is 9. The van der Waals surface area contributed by atoms with Gasteiger partial charge in [0.2, 0.25) is 0 Å². The largest absolute Gasteiger partial charge is 1.00 e. The van der Waals surface area contributed by atoms with Crippen LogP contribution in [0.5, 0.6) is 0 Å². The minimum absolute atomic E-state index is 0. The summed E-state index contributed by atoms with van der Waals surface area (Å²) < 4.78 is 47.0. The Hall–Kier alpha value is -1.15. The molecule has 182 valence electrons. The van der Waals surface area contributed by atoms with Crippen molar-refractivity contribution in [2.75, 3.05) is 0 Å². The van der Waals surface area contributed by atoms with Gasteiger partial charge in [-0.2, -0.15) is 5.10 Å². The zero-order chi connectivity index (χ0) is 25.2. The molecular weight excluding hydrogens is 545 g/mol. The van der Waals surface area contributed by atoms with Crippen LogP contribution in [0.25, 0.3) is 11.3 Å². The van der Waals surface area contributed by atoms with Crippen LogP contribution in [0.4, 0.5) is 14.5 Å². The molecule has 0 fully saturated rings. The molecule has 15 heteroatoms. The first kappa shape index (κ1) is 32.1. The molecule has 4 aromatic rings. The van der Waals surface area contributed by atoms with Crippen molar-refractivity contribution >= 4 is 31.6 Å². The summed E-state index contributed by atoms with van der Waals surface area (Å²) >= 11 is 1.17. The second-order valence-electron chi connectivity index (χ2n) is 7.64. The Balaban J connectivity index is 0.00000241. The number of hydrogen-bond acceptors (Lipinski definition) is 9. The van der Waals surface area contributed by atoms with Crippen molar-refractivity contribution in [3.05, 3.63) is 82.7 Å². The molecule has 2 aromatic carbocycles. The van der Waals surface area contributed by atoms with Gasteiger partial charge in [-0.25, -0.2) is 23.4 Å². The molecule has 2 heterocycles. The van der Waals surface area contributed by atoms with Crippen molar-refractivity contribution < 1.29 is 86.8 Å². The van der Waals surface area contributed by atoms with E-state index in [1.165, 1.54) is 28.7 Å². The van der Waals surface area contributed by atoms with Crippen LogP contribution >= 0.6 is 19.2 Å². The summed E-state index contributed by atoms with van der Waals surface area (Å²) in [6.07, 6.45) is 2.45. The van der Waals surface area contributed by atoms with Crippen LogP contribution in [0.1, 0.15) is 23.4 Å². The van der Waals surface area contributed by atoms with E-state index in [1.54, 1.807) is 36.6 Å². The molecule has 0 radical (unpaired) electrons. The quantitative estimate of drug-likeness (QED) is 0.126. The number of aromatic nitrogens is 4. The van der Waals surface area contributed by atoms with Crippen molar-refractivity contribution in [1.82, 2.24) is 19.7 Å². The Bertz CT molecular complexity index is 1390. The summed E-state index contributed by atoms with van der Waals surface area (Å²) in [4.78, 5) is 36.1. The van der Waals surface area contributed by atoms with Gasteiger partial charge in [0.1, 0.15) is 29.9 Å². The van der Waals surface area contributed by atoms with E-state index < -0.39 is 37.5 Å². The van der Waals surface area contributed by atoms with E-state index in [0.29, 0.717) is 22.5 Å². The molecule has 0 aliphatic carbocycles. The monoisotopic (exact) mass is 563 g/mol. The summed E-state index contributed by atoms with van der Waals surface area (Å²) in [6.45, 7) is 4.60. The van der Waals surface area contributed by atoms with Crippen LogP contribution in [0, 0.1) is 11.6 Å². The molecule has 0 spiro atoms. The van der Waals surface area contributed by atoms with Crippen molar-refractivity contribution in [3.63, 3.8) is 0 Å². The third-order valence-corrected chi connectivity index (χ3v) is 7.04. The predicted molar refractivity (Wildman–Crippen MR) is 122 cm³/mol. The van der Waals surface area contributed by atoms with E-state index in [9.17, 15) is 18.7 Å². The van der Waals surface area contributed by atoms with E-state index in [0.717, 1.165) is 17.7 Å². The molecule has 37 heavy (non-hydrogen) atoms. The van der Waals surface area contributed by atoms with Crippen LogP contribution in [0.3, 0.4) is 0 Å². The van der Waals surface area contributed by atoms with E-state index in [1.807, 2.05) is 0 Å². The normalized spacial score (nSPS) is 13.6. The molecule has 0 amide bonds. The third kappa shape index (κ3) is 7.49. The SMILES string of the molecule is C=Nc1ccc(-c2csc([C@H](C)C(Cn3cncn3)(OP(=O)([O-])[O-])c3ccc(F)cc3F)n2)cc1.[Na+].[Na+]. The zero-order valence-corrected chi connectivity index (χ0v) is 26.0. The molecule has 0 N–H and O–H groups in total. The standard InChI is InChI=1S/C22H20F2N5O4PS.2Na/c1-14(21-28-20(10-35-21)15-3-6-17(25-2)7-4-15)22(33-34(30,31)32,11-29-13-26-12-27-29)18-8-5-16(23)9-19(18)24;;/h3-10,12-14H,2,11H2,1H3,(H2,30,31,32);;/q;2*+1/p-2/t14-,22?;;/m0../s1. The van der Waals surface area contributed by atoms with Gasteiger partial charge < -0.3 is 18.9 Å². The molecule has 2 atom stereocenters. The fraction of sp³-hybridized carbons (Fsp3) is 0.182. The average Bonchev–Trinajstić information content (AvgIpc) is 3.49. The summed E-state index contributed by atoms with van der Waals surface area (Å²) in [7, 11) is -5.70. The maximum absolute atomic E-state index is 15.1. The minimum Gasteiger partial charge on any atom is -0.790 e. The Kier molecular flexibility index (Phi) is 11.5. The molecule has 0 aliphatic heterocycles. The summed E-state index contributed by atoms with van der Waals surface area (Å²) in [5, 5.41) is 6.04. The first-order valence-electron chi connectivity index (χ1n) is 10.1. The second-order valence-corrected chi connectivity index (χ2v) is 9.61. The topological polar surface area (TPSA) is 128 Å². The van der Waals surface area contributed by atoms with E-state index in [4.69, 9.17) is 4.52 Å².